The summed E-state index contributed by atoms with van der Waals surface area (Å²) in [5, 5.41) is 17.8. The van der Waals surface area contributed by atoms with Gasteiger partial charge < -0.3 is 14.6 Å². The molecule has 0 saturated carbocycles. The average molecular weight is 676 g/mol. The summed E-state index contributed by atoms with van der Waals surface area (Å²) < 4.78 is 12.3. The molecule has 0 radical (unpaired) electrons. The SMILES string of the molecule is COC(=O)c1c(C)nn(C(=O)c2ccc(Cl)cc2)c1-c1ccno1.O=C(Nc1ccc(Cl)cc1)n1nccc1C=Cc1cccs1. The topological polar surface area (TPSA) is 134 Å². The van der Waals surface area contributed by atoms with Gasteiger partial charge in [-0.15, -0.1) is 11.3 Å². The zero-order valence-corrected chi connectivity index (χ0v) is 26.6. The van der Waals surface area contributed by atoms with Gasteiger partial charge in [0, 0.05) is 32.2 Å². The van der Waals surface area contributed by atoms with Gasteiger partial charge in [-0.3, -0.25) is 4.79 Å². The van der Waals surface area contributed by atoms with Gasteiger partial charge in [-0.1, -0.05) is 34.4 Å². The van der Waals surface area contributed by atoms with E-state index in [1.54, 1.807) is 79.1 Å². The number of carbonyl (C=O) groups excluding carboxylic acids is 3. The molecule has 4 aromatic heterocycles. The third kappa shape index (κ3) is 7.49. The monoisotopic (exact) mass is 674 g/mol. The number of anilines is 1. The van der Waals surface area contributed by atoms with Crippen LogP contribution in [0.2, 0.25) is 10.0 Å². The Balaban J connectivity index is 0.000000182. The summed E-state index contributed by atoms with van der Waals surface area (Å²) in [6.45, 7) is 1.61. The summed E-state index contributed by atoms with van der Waals surface area (Å²) >= 11 is 13.3. The lowest BCUT2D eigenvalue weighted by Gasteiger charge is -2.06. The van der Waals surface area contributed by atoms with Crippen LogP contribution in [0.1, 0.15) is 37.0 Å². The summed E-state index contributed by atoms with van der Waals surface area (Å²) in [7, 11) is 1.25. The Hall–Kier alpha value is -5.30. The summed E-state index contributed by atoms with van der Waals surface area (Å²) in [4.78, 5) is 38.3. The molecule has 46 heavy (non-hydrogen) atoms. The quantitative estimate of drug-likeness (QED) is 0.177. The Bertz CT molecular complexity index is 1980. The van der Waals surface area contributed by atoms with Crippen molar-refractivity contribution in [3.8, 4) is 11.5 Å². The zero-order valence-electron chi connectivity index (χ0n) is 24.3. The number of hydrogen-bond donors (Lipinski definition) is 1. The van der Waals surface area contributed by atoms with Crippen LogP contribution in [0.3, 0.4) is 0 Å². The van der Waals surface area contributed by atoms with Crippen LogP contribution in [0.15, 0.2) is 95.1 Å². The van der Waals surface area contributed by atoms with Crippen LogP contribution in [0.5, 0.6) is 0 Å². The van der Waals surface area contributed by atoms with Crippen molar-refractivity contribution in [3.63, 3.8) is 0 Å². The molecule has 2 aromatic carbocycles. The first-order chi connectivity index (χ1) is 22.2. The lowest BCUT2D eigenvalue weighted by atomic mass is 10.1. The van der Waals surface area contributed by atoms with Crippen molar-refractivity contribution < 1.29 is 23.6 Å². The van der Waals surface area contributed by atoms with Crippen molar-refractivity contribution in [2.24, 2.45) is 0 Å². The van der Waals surface area contributed by atoms with Crippen molar-refractivity contribution >= 4 is 70.3 Å². The maximum atomic E-state index is 12.8. The number of aryl methyl sites for hydroxylation is 1. The van der Waals surface area contributed by atoms with Crippen molar-refractivity contribution in [1.29, 1.82) is 0 Å². The minimum atomic E-state index is -0.617. The summed E-state index contributed by atoms with van der Waals surface area (Å²) in [6.07, 6.45) is 6.82. The molecule has 1 N–H and O–H groups in total. The highest BCUT2D eigenvalue weighted by molar-refractivity contribution is 7.10. The molecule has 6 rings (SSSR count). The predicted octanol–water partition coefficient (Wildman–Crippen LogP) is 7.82. The van der Waals surface area contributed by atoms with Gasteiger partial charge >= 0.3 is 12.0 Å². The molecule has 14 heteroatoms. The van der Waals surface area contributed by atoms with Gasteiger partial charge in [0.15, 0.2) is 5.76 Å². The Labute approximate surface area is 276 Å². The zero-order chi connectivity index (χ0) is 32.6. The van der Waals surface area contributed by atoms with Gasteiger partial charge in [-0.2, -0.15) is 19.6 Å². The highest BCUT2D eigenvalue weighted by Crippen LogP contribution is 2.28. The van der Waals surface area contributed by atoms with Crippen molar-refractivity contribution in [2.45, 2.75) is 6.92 Å². The highest BCUT2D eigenvalue weighted by atomic mass is 35.5. The molecule has 0 fully saturated rings. The second kappa shape index (κ2) is 14.7. The highest BCUT2D eigenvalue weighted by Gasteiger charge is 2.29. The van der Waals surface area contributed by atoms with E-state index in [4.69, 9.17) is 32.5 Å². The Morgan fingerprint density at radius 3 is 2.26 bits per heavy atom. The Kier molecular flexibility index (Phi) is 10.2. The first-order valence-electron chi connectivity index (χ1n) is 13.5. The average Bonchev–Trinajstić information content (AvgIpc) is 3.88. The van der Waals surface area contributed by atoms with E-state index >= 15 is 0 Å². The molecule has 0 unspecified atom stereocenters. The predicted molar refractivity (Wildman–Crippen MR) is 176 cm³/mol. The largest absolute Gasteiger partial charge is 0.465 e. The fraction of sp³-hybridized carbons (Fsp3) is 0.0625. The van der Waals surface area contributed by atoms with Crippen LogP contribution in [0, 0.1) is 6.92 Å². The molecule has 0 spiro atoms. The van der Waals surface area contributed by atoms with E-state index in [9.17, 15) is 14.4 Å². The van der Waals surface area contributed by atoms with Gasteiger partial charge in [0.2, 0.25) is 0 Å². The minimum Gasteiger partial charge on any atom is -0.465 e. The molecule has 232 valence electrons. The van der Waals surface area contributed by atoms with Crippen LogP contribution < -0.4 is 5.32 Å². The van der Waals surface area contributed by atoms with Crippen LogP contribution in [-0.2, 0) is 4.74 Å². The Morgan fingerprint density at radius 2 is 1.63 bits per heavy atom. The van der Waals surface area contributed by atoms with E-state index in [1.165, 1.54) is 24.1 Å². The molecule has 6 aromatic rings. The van der Waals surface area contributed by atoms with Crippen LogP contribution >= 0.6 is 34.5 Å². The minimum absolute atomic E-state index is 0.150. The lowest BCUT2D eigenvalue weighted by molar-refractivity contribution is 0.0600. The molecule has 0 saturated heterocycles. The normalized spacial score (nSPS) is 10.8. The smallest absolute Gasteiger partial charge is 0.347 e. The number of nitrogens with one attached hydrogen (secondary N) is 1. The maximum Gasteiger partial charge on any atom is 0.347 e. The number of amides is 1. The van der Waals surface area contributed by atoms with Crippen molar-refractivity contribution in [1.82, 2.24) is 24.7 Å². The first kappa shape index (κ1) is 32.1. The standard InChI is InChI=1S/C16H12ClN3O4.C16H12ClN3OS/c1-9-13(16(22)23-2)14(12-7-8-18-24-12)20(19-9)15(21)10-3-5-11(17)6-4-10;17-12-3-5-13(6-4-12)19-16(21)20-14(9-10-18-20)7-8-15-2-1-11-22-15/h3-8H,1-2H3;1-11H,(H,19,21). The molecular formula is C32H24Cl2N6O5S. The third-order valence-electron chi connectivity index (χ3n) is 6.33. The number of ether oxygens (including phenoxy) is 1. The number of hydrogen-bond acceptors (Lipinski definition) is 9. The number of esters is 1. The van der Waals surface area contributed by atoms with Crippen molar-refractivity contribution in [3.05, 3.63) is 128 Å². The number of halogens is 2. The molecular weight excluding hydrogens is 651 g/mol. The molecule has 0 aliphatic carbocycles. The molecule has 1 amide bonds. The molecule has 4 heterocycles. The van der Waals surface area contributed by atoms with Gasteiger partial charge in [0.05, 0.1) is 30.9 Å². The molecule has 0 aliphatic rings. The second-order valence-corrected chi connectivity index (χ2v) is 11.2. The number of rotatable bonds is 6. The third-order valence-corrected chi connectivity index (χ3v) is 7.67. The molecule has 11 nitrogen and oxygen atoms in total. The van der Waals surface area contributed by atoms with Crippen LogP contribution in [0.4, 0.5) is 10.5 Å². The lowest BCUT2D eigenvalue weighted by Crippen LogP contribution is -2.21. The molecule has 0 bridgehead atoms. The van der Waals surface area contributed by atoms with Crippen LogP contribution in [-0.4, -0.2) is 49.7 Å². The molecule has 0 atom stereocenters. The number of methoxy groups -OCH3 is 1. The number of aromatic nitrogens is 5. The Morgan fingerprint density at radius 1 is 0.913 bits per heavy atom. The van der Waals surface area contributed by atoms with Gasteiger partial charge in [-0.25, -0.2) is 9.59 Å². The summed E-state index contributed by atoms with van der Waals surface area (Å²) in [5.41, 5.74) is 2.42. The van der Waals surface area contributed by atoms with Gasteiger partial charge in [0.25, 0.3) is 5.91 Å². The van der Waals surface area contributed by atoms with E-state index in [0.29, 0.717) is 32.7 Å². The summed E-state index contributed by atoms with van der Waals surface area (Å²) in [6, 6.07) is 20.3. The van der Waals surface area contributed by atoms with Crippen LogP contribution in [0.25, 0.3) is 23.6 Å². The van der Waals surface area contributed by atoms with Crippen molar-refractivity contribution in [2.75, 3.05) is 12.4 Å². The maximum absolute atomic E-state index is 12.8. The van der Waals surface area contributed by atoms with E-state index in [1.807, 2.05) is 29.7 Å². The van der Waals surface area contributed by atoms with E-state index in [0.717, 1.165) is 9.56 Å². The summed E-state index contributed by atoms with van der Waals surface area (Å²) in [5.74, 6) is -0.816. The second-order valence-electron chi connectivity index (χ2n) is 9.35. The fourth-order valence-electron chi connectivity index (χ4n) is 4.17. The number of benzene rings is 2. The van der Waals surface area contributed by atoms with E-state index < -0.39 is 11.9 Å². The van der Waals surface area contributed by atoms with Gasteiger partial charge in [-0.05, 0) is 85.1 Å². The van der Waals surface area contributed by atoms with E-state index in [-0.39, 0.29) is 23.0 Å². The molecule has 0 aliphatic heterocycles. The first-order valence-corrected chi connectivity index (χ1v) is 15.1. The fourth-order valence-corrected chi connectivity index (χ4v) is 5.04. The number of thiophene rings is 1. The number of nitrogens with zero attached hydrogens (tertiary/aromatic N) is 5. The number of carbonyl (C=O) groups is 3. The van der Waals surface area contributed by atoms with Gasteiger partial charge in [0.1, 0.15) is 11.3 Å². The van der Waals surface area contributed by atoms with E-state index in [2.05, 4.69) is 20.7 Å².